The molecular formula is C27H38O9. The van der Waals surface area contributed by atoms with Crippen molar-refractivity contribution in [1.82, 2.24) is 0 Å². The van der Waals surface area contributed by atoms with Crippen LogP contribution in [0.5, 0.6) is 0 Å². The third kappa shape index (κ3) is 5.92. The van der Waals surface area contributed by atoms with E-state index >= 15 is 0 Å². The van der Waals surface area contributed by atoms with Gasteiger partial charge in [-0.2, -0.15) is 0 Å². The molecule has 3 saturated heterocycles. The van der Waals surface area contributed by atoms with Gasteiger partial charge in [0.2, 0.25) is 0 Å². The van der Waals surface area contributed by atoms with Crippen molar-refractivity contribution in [3.05, 3.63) is 35.9 Å². The van der Waals surface area contributed by atoms with Crippen LogP contribution < -0.4 is 0 Å². The van der Waals surface area contributed by atoms with Gasteiger partial charge in [-0.1, -0.05) is 58.0 Å². The summed E-state index contributed by atoms with van der Waals surface area (Å²) >= 11 is 0. The summed E-state index contributed by atoms with van der Waals surface area (Å²) < 4.78 is 42.0. The molecule has 0 radical (unpaired) electrons. The minimum absolute atomic E-state index is 0.0185. The van der Waals surface area contributed by atoms with E-state index in [1.807, 2.05) is 44.2 Å². The minimum atomic E-state index is -0.647. The van der Waals surface area contributed by atoms with E-state index in [0.29, 0.717) is 6.61 Å². The first-order chi connectivity index (χ1) is 17.2. The molecule has 3 aliphatic rings. The Morgan fingerprint density at radius 1 is 0.861 bits per heavy atom. The summed E-state index contributed by atoms with van der Waals surface area (Å²) in [5.41, 5.74) is 0.980. The Labute approximate surface area is 212 Å². The van der Waals surface area contributed by atoms with E-state index in [-0.39, 0.29) is 42.5 Å². The van der Waals surface area contributed by atoms with Crippen molar-refractivity contribution in [2.45, 2.75) is 84.8 Å². The van der Waals surface area contributed by atoms with Gasteiger partial charge in [0.1, 0.15) is 24.9 Å². The molecule has 1 aromatic carbocycles. The Balaban J connectivity index is 1.43. The summed E-state index contributed by atoms with van der Waals surface area (Å²) in [6.45, 7) is 11.2. The van der Waals surface area contributed by atoms with Crippen LogP contribution in [0.1, 0.15) is 53.4 Å². The lowest BCUT2D eigenvalue weighted by Gasteiger charge is -2.50. The van der Waals surface area contributed by atoms with Crippen molar-refractivity contribution in [1.29, 1.82) is 0 Å². The maximum atomic E-state index is 11.7. The molecule has 0 saturated carbocycles. The lowest BCUT2D eigenvalue weighted by molar-refractivity contribution is -0.379. The lowest BCUT2D eigenvalue weighted by Crippen LogP contribution is -2.58. The molecule has 4 rings (SSSR count). The van der Waals surface area contributed by atoms with E-state index in [2.05, 4.69) is 13.8 Å². The fraction of sp³-hybridized carbons (Fsp3) is 0.704. The number of carbonyl (C=O) groups is 2. The zero-order valence-electron chi connectivity index (χ0n) is 21.8. The van der Waals surface area contributed by atoms with Crippen molar-refractivity contribution in [3.63, 3.8) is 0 Å². The van der Waals surface area contributed by atoms with Crippen LogP contribution in [-0.4, -0.2) is 62.1 Å². The fourth-order valence-corrected chi connectivity index (χ4v) is 5.17. The normalized spacial score (nSPS) is 40.7. The Hall–Kier alpha value is -2.04. The predicted molar refractivity (Wildman–Crippen MR) is 127 cm³/mol. The monoisotopic (exact) mass is 506 g/mol. The van der Waals surface area contributed by atoms with Crippen LogP contribution in [0, 0.1) is 23.7 Å². The van der Waals surface area contributed by atoms with Gasteiger partial charge in [0.05, 0.1) is 12.7 Å². The quantitative estimate of drug-likeness (QED) is 0.536. The molecule has 1 aromatic rings. The van der Waals surface area contributed by atoms with Gasteiger partial charge in [-0.3, -0.25) is 9.59 Å². The second-order valence-corrected chi connectivity index (χ2v) is 10.2. The Morgan fingerprint density at radius 2 is 1.53 bits per heavy atom. The zero-order chi connectivity index (χ0) is 26.0. The van der Waals surface area contributed by atoms with Crippen LogP contribution in [0.3, 0.4) is 0 Å². The molecule has 200 valence electrons. The molecule has 36 heavy (non-hydrogen) atoms. The largest absolute Gasteiger partial charge is 0.463 e. The summed E-state index contributed by atoms with van der Waals surface area (Å²) in [7, 11) is 0. The Morgan fingerprint density at radius 3 is 2.19 bits per heavy atom. The lowest BCUT2D eigenvalue weighted by atomic mass is 9.83. The number of hydrogen-bond donors (Lipinski definition) is 0. The highest BCUT2D eigenvalue weighted by molar-refractivity contribution is 5.66. The summed E-state index contributed by atoms with van der Waals surface area (Å²) in [6, 6.07) is 9.88. The number of carbonyl (C=O) groups excluding carboxylic acids is 2. The number of hydrogen-bond acceptors (Lipinski definition) is 9. The third-order valence-electron chi connectivity index (χ3n) is 7.69. The number of fused-ring (bicyclic) bond motifs is 1. The average molecular weight is 507 g/mol. The van der Waals surface area contributed by atoms with Crippen LogP contribution in [0.25, 0.3) is 0 Å². The number of rotatable bonds is 6. The topological polar surface area (TPSA) is 98.8 Å². The second-order valence-electron chi connectivity index (χ2n) is 10.2. The first kappa shape index (κ1) is 27.0. The van der Waals surface area contributed by atoms with Gasteiger partial charge in [-0.25, -0.2) is 0 Å². The van der Waals surface area contributed by atoms with Crippen LogP contribution in [-0.2, 0) is 42.7 Å². The first-order valence-corrected chi connectivity index (χ1v) is 12.7. The minimum Gasteiger partial charge on any atom is -0.463 e. The van der Waals surface area contributed by atoms with Gasteiger partial charge in [0.25, 0.3) is 0 Å². The molecule has 0 spiro atoms. The van der Waals surface area contributed by atoms with Gasteiger partial charge in [-0.05, 0) is 5.92 Å². The van der Waals surface area contributed by atoms with Gasteiger partial charge < -0.3 is 33.2 Å². The van der Waals surface area contributed by atoms with Gasteiger partial charge >= 0.3 is 11.9 Å². The summed E-state index contributed by atoms with van der Waals surface area (Å²) in [5.74, 6) is -0.877. The van der Waals surface area contributed by atoms with E-state index in [9.17, 15) is 9.59 Å². The van der Waals surface area contributed by atoms with Crippen LogP contribution in [0.15, 0.2) is 30.3 Å². The van der Waals surface area contributed by atoms with Crippen molar-refractivity contribution >= 4 is 11.9 Å². The summed E-state index contributed by atoms with van der Waals surface area (Å²) in [4.78, 5) is 23.1. The van der Waals surface area contributed by atoms with Crippen molar-refractivity contribution in [2.24, 2.45) is 23.7 Å². The van der Waals surface area contributed by atoms with Crippen LogP contribution >= 0.6 is 0 Å². The number of benzene rings is 1. The maximum Gasteiger partial charge on any atom is 0.303 e. The Kier molecular flexibility index (Phi) is 8.67. The van der Waals surface area contributed by atoms with Gasteiger partial charge in [0.15, 0.2) is 18.9 Å². The van der Waals surface area contributed by atoms with Gasteiger partial charge in [0, 0.05) is 37.2 Å². The molecule has 3 heterocycles. The zero-order valence-corrected chi connectivity index (χ0v) is 21.8. The van der Waals surface area contributed by atoms with Gasteiger partial charge in [-0.15, -0.1) is 0 Å². The molecule has 0 bridgehead atoms. The highest BCUT2D eigenvalue weighted by Gasteiger charge is 2.50. The molecule has 5 unspecified atom stereocenters. The molecular weight excluding hydrogens is 468 g/mol. The molecule has 0 amide bonds. The predicted octanol–water partition coefficient (Wildman–Crippen LogP) is 3.61. The molecule has 9 heteroatoms. The molecule has 0 aliphatic carbocycles. The molecule has 3 aliphatic heterocycles. The SMILES string of the molecule is CC(=O)OCC1O[C@H](O[C@H]2OC3COC(c4ccccc4)O[C@H]3[C@H](C)C2C)[C@H](C)C(C)[C@@H]1OC(C)=O. The standard InChI is InChI=1S/C27H38O9/c1-14-16(3)25(33-21(12-30-18(5)28)23(14)32-19(6)29)36-26-17(4)15(2)24-22(34-26)13-31-27(35-24)20-10-8-7-9-11-20/h7-11,14-17,21-27H,12-13H2,1-6H3/t14?,15-,16-,17?,21?,22?,23+,24+,25-,26-,27?/m1/s1. The number of ether oxygens (including phenoxy) is 7. The second kappa shape index (κ2) is 11.6. The molecule has 9 nitrogen and oxygen atoms in total. The average Bonchev–Trinajstić information content (AvgIpc) is 2.86. The van der Waals surface area contributed by atoms with Crippen molar-refractivity contribution in [2.75, 3.05) is 13.2 Å². The van der Waals surface area contributed by atoms with Crippen LogP contribution in [0.2, 0.25) is 0 Å². The molecule has 3 fully saturated rings. The highest BCUT2D eigenvalue weighted by atomic mass is 16.8. The van der Waals surface area contributed by atoms with Crippen molar-refractivity contribution < 1.29 is 42.7 Å². The molecule has 0 aromatic heterocycles. The smallest absolute Gasteiger partial charge is 0.303 e. The third-order valence-corrected chi connectivity index (χ3v) is 7.69. The molecule has 0 N–H and O–H groups in total. The first-order valence-electron chi connectivity index (χ1n) is 12.7. The molecule has 11 atom stereocenters. The highest BCUT2D eigenvalue weighted by Crippen LogP contribution is 2.42. The number of esters is 2. The van der Waals surface area contributed by atoms with E-state index in [1.54, 1.807) is 0 Å². The van der Waals surface area contributed by atoms with E-state index < -0.39 is 43.0 Å². The van der Waals surface area contributed by atoms with Crippen LogP contribution in [0.4, 0.5) is 0 Å². The summed E-state index contributed by atoms with van der Waals surface area (Å²) in [6.07, 6.45) is -3.21. The Bertz CT molecular complexity index is 890. The maximum absolute atomic E-state index is 11.7. The van der Waals surface area contributed by atoms with Crippen molar-refractivity contribution in [3.8, 4) is 0 Å². The van der Waals surface area contributed by atoms with E-state index in [0.717, 1.165) is 5.56 Å². The van der Waals surface area contributed by atoms with E-state index in [4.69, 9.17) is 33.2 Å². The van der Waals surface area contributed by atoms with E-state index in [1.165, 1.54) is 13.8 Å². The fourth-order valence-electron chi connectivity index (χ4n) is 5.17. The summed E-state index contributed by atoms with van der Waals surface area (Å²) in [5, 5.41) is 0.